The lowest BCUT2D eigenvalue weighted by Gasteiger charge is -2.09. The number of carbonyl (C=O) groups excluding carboxylic acids is 1. The number of nitrogens with one attached hydrogen (secondary N) is 1. The van der Waals surface area contributed by atoms with Crippen LogP contribution in [0.15, 0.2) is 71.7 Å². The van der Waals surface area contributed by atoms with Crippen LogP contribution in [0.3, 0.4) is 0 Å². The Kier molecular flexibility index (Phi) is 4.87. The number of aryl methyl sites for hydroxylation is 1. The monoisotopic (exact) mass is 388 g/mol. The topological polar surface area (TPSA) is 76.9 Å². The van der Waals surface area contributed by atoms with E-state index < -0.39 is 0 Å². The van der Waals surface area contributed by atoms with Crippen molar-refractivity contribution in [2.24, 2.45) is 7.05 Å². The van der Waals surface area contributed by atoms with E-state index in [0.717, 1.165) is 0 Å². The number of benzene rings is 2. The van der Waals surface area contributed by atoms with E-state index in [1.165, 1.54) is 10.6 Å². The molecular weight excluding hydrogens is 371 g/mol. The van der Waals surface area contributed by atoms with Crippen LogP contribution in [0.1, 0.15) is 15.9 Å². The predicted octanol–water partition coefficient (Wildman–Crippen LogP) is 3.06. The van der Waals surface area contributed by atoms with Crippen molar-refractivity contribution in [2.45, 2.75) is 6.54 Å². The Morgan fingerprint density at radius 3 is 2.59 bits per heavy atom. The van der Waals surface area contributed by atoms with E-state index in [2.05, 4.69) is 15.3 Å². The molecule has 29 heavy (non-hydrogen) atoms. The number of carbonyl (C=O) groups is 1. The van der Waals surface area contributed by atoms with Crippen LogP contribution >= 0.6 is 0 Å². The first kappa shape index (κ1) is 18.5. The van der Waals surface area contributed by atoms with E-state index in [4.69, 9.17) is 0 Å². The molecule has 4 rings (SSSR count). The summed E-state index contributed by atoms with van der Waals surface area (Å²) in [5.41, 5.74) is 2.54. The van der Waals surface area contributed by atoms with Gasteiger partial charge < -0.3 is 5.32 Å². The van der Waals surface area contributed by atoms with Crippen molar-refractivity contribution in [3.05, 3.63) is 94.2 Å². The number of halogens is 1. The summed E-state index contributed by atoms with van der Waals surface area (Å²) in [5, 5.41) is 2.69. The van der Waals surface area contributed by atoms with Crippen LogP contribution in [0, 0.1) is 5.82 Å². The van der Waals surface area contributed by atoms with Crippen molar-refractivity contribution >= 4 is 17.1 Å². The summed E-state index contributed by atoms with van der Waals surface area (Å²) in [6.07, 6.45) is 1.61. The van der Waals surface area contributed by atoms with Gasteiger partial charge in [-0.3, -0.25) is 14.2 Å². The van der Waals surface area contributed by atoms with E-state index in [1.807, 2.05) is 0 Å². The summed E-state index contributed by atoms with van der Waals surface area (Å²) in [6.45, 7) is 0.0903. The van der Waals surface area contributed by atoms with E-state index in [0.29, 0.717) is 27.9 Å². The largest absolute Gasteiger partial charge is 0.348 e. The molecule has 1 amide bonds. The molecule has 2 aromatic carbocycles. The molecule has 0 aliphatic heterocycles. The molecule has 0 radical (unpaired) electrons. The highest BCUT2D eigenvalue weighted by Gasteiger charge is 2.13. The van der Waals surface area contributed by atoms with Gasteiger partial charge in [0.1, 0.15) is 17.0 Å². The third-order valence-electron chi connectivity index (χ3n) is 4.64. The van der Waals surface area contributed by atoms with Crippen molar-refractivity contribution in [2.75, 3.05) is 0 Å². The molecule has 0 atom stereocenters. The van der Waals surface area contributed by atoms with Gasteiger partial charge in [0.25, 0.3) is 11.5 Å². The molecule has 144 valence electrons. The Morgan fingerprint density at radius 2 is 1.83 bits per heavy atom. The Hall–Kier alpha value is -3.87. The third-order valence-corrected chi connectivity index (χ3v) is 4.64. The number of hydrogen-bond acceptors (Lipinski definition) is 4. The molecule has 0 saturated heterocycles. The molecule has 0 aliphatic carbocycles. The SMILES string of the molecule is Cn1c(=O)c(-c2ccc(C(=O)NCc3ccccc3F)cc2)nc2cccnc21. The highest BCUT2D eigenvalue weighted by molar-refractivity contribution is 5.94. The summed E-state index contributed by atoms with van der Waals surface area (Å²) in [7, 11) is 1.65. The van der Waals surface area contributed by atoms with E-state index in [9.17, 15) is 14.0 Å². The maximum absolute atomic E-state index is 13.7. The van der Waals surface area contributed by atoms with Gasteiger partial charge in [-0.25, -0.2) is 14.4 Å². The van der Waals surface area contributed by atoms with Crippen LogP contribution in [0.2, 0.25) is 0 Å². The normalized spacial score (nSPS) is 10.8. The van der Waals surface area contributed by atoms with Gasteiger partial charge >= 0.3 is 0 Å². The Morgan fingerprint density at radius 1 is 1.07 bits per heavy atom. The minimum Gasteiger partial charge on any atom is -0.348 e. The average Bonchev–Trinajstić information content (AvgIpc) is 2.75. The fraction of sp³-hybridized carbons (Fsp3) is 0.0909. The minimum atomic E-state index is -0.365. The lowest BCUT2D eigenvalue weighted by atomic mass is 10.1. The predicted molar refractivity (Wildman–Crippen MR) is 108 cm³/mol. The summed E-state index contributed by atoms with van der Waals surface area (Å²) in [6, 6.07) is 16.4. The van der Waals surface area contributed by atoms with Gasteiger partial charge in [0, 0.05) is 36.5 Å². The first-order valence-electron chi connectivity index (χ1n) is 8.98. The van der Waals surface area contributed by atoms with Gasteiger partial charge in [-0.2, -0.15) is 0 Å². The second-order valence-electron chi connectivity index (χ2n) is 6.52. The number of nitrogens with zero attached hydrogens (tertiary/aromatic N) is 3. The van der Waals surface area contributed by atoms with Crippen LogP contribution in [0.25, 0.3) is 22.4 Å². The van der Waals surface area contributed by atoms with Gasteiger partial charge in [-0.05, 0) is 30.3 Å². The summed E-state index contributed by atoms with van der Waals surface area (Å²) in [4.78, 5) is 33.6. The van der Waals surface area contributed by atoms with Gasteiger partial charge in [-0.15, -0.1) is 0 Å². The van der Waals surface area contributed by atoms with Crippen molar-refractivity contribution in [1.82, 2.24) is 19.9 Å². The van der Waals surface area contributed by atoms with Crippen molar-refractivity contribution in [1.29, 1.82) is 0 Å². The third kappa shape index (κ3) is 3.62. The van der Waals surface area contributed by atoms with Crippen LogP contribution in [0.5, 0.6) is 0 Å². The number of hydrogen-bond donors (Lipinski definition) is 1. The molecule has 0 spiro atoms. The van der Waals surface area contributed by atoms with Gasteiger partial charge in [-0.1, -0.05) is 30.3 Å². The zero-order valence-corrected chi connectivity index (χ0v) is 15.6. The van der Waals surface area contributed by atoms with Crippen molar-refractivity contribution in [3.8, 4) is 11.3 Å². The standard InChI is InChI=1S/C22H17FN4O2/c1-27-20-18(7-4-12-24-20)26-19(22(27)29)14-8-10-15(11-9-14)21(28)25-13-16-5-2-3-6-17(16)23/h2-12H,13H2,1H3,(H,25,28). The molecule has 7 heteroatoms. The molecule has 1 N–H and O–H groups in total. The molecule has 0 fully saturated rings. The summed E-state index contributed by atoms with van der Waals surface area (Å²) >= 11 is 0. The van der Waals surface area contributed by atoms with Crippen molar-refractivity contribution < 1.29 is 9.18 Å². The minimum absolute atomic E-state index is 0.0903. The highest BCUT2D eigenvalue weighted by Crippen LogP contribution is 2.17. The first-order chi connectivity index (χ1) is 14.0. The number of aromatic nitrogens is 3. The molecule has 0 aliphatic rings. The lowest BCUT2D eigenvalue weighted by molar-refractivity contribution is 0.0950. The number of fused-ring (bicyclic) bond motifs is 1. The zero-order valence-electron chi connectivity index (χ0n) is 15.6. The smallest absolute Gasteiger partial charge is 0.278 e. The zero-order chi connectivity index (χ0) is 20.4. The molecular formula is C22H17FN4O2. The van der Waals surface area contributed by atoms with E-state index in [1.54, 1.807) is 67.8 Å². The summed E-state index contributed by atoms with van der Waals surface area (Å²) in [5.74, 6) is -0.695. The Labute approximate surface area is 165 Å². The molecule has 2 heterocycles. The molecule has 0 saturated carbocycles. The fourth-order valence-corrected chi connectivity index (χ4v) is 3.04. The van der Waals surface area contributed by atoms with Gasteiger partial charge in [0.15, 0.2) is 5.65 Å². The quantitative estimate of drug-likeness (QED) is 0.583. The molecule has 4 aromatic rings. The van der Waals surface area contributed by atoms with Gasteiger partial charge in [0.05, 0.1) is 0 Å². The molecule has 0 unspecified atom stereocenters. The number of rotatable bonds is 4. The average molecular weight is 388 g/mol. The lowest BCUT2D eigenvalue weighted by Crippen LogP contribution is -2.23. The van der Waals surface area contributed by atoms with Crippen LogP contribution in [-0.2, 0) is 13.6 Å². The molecule has 2 aromatic heterocycles. The van der Waals surface area contributed by atoms with Crippen molar-refractivity contribution in [3.63, 3.8) is 0 Å². The van der Waals surface area contributed by atoms with E-state index >= 15 is 0 Å². The second kappa shape index (κ2) is 7.63. The van der Waals surface area contributed by atoms with E-state index in [-0.39, 0.29) is 29.5 Å². The molecule has 6 nitrogen and oxygen atoms in total. The van der Waals surface area contributed by atoms with Crippen LogP contribution in [-0.4, -0.2) is 20.4 Å². The maximum Gasteiger partial charge on any atom is 0.278 e. The first-order valence-corrected chi connectivity index (χ1v) is 8.98. The second-order valence-corrected chi connectivity index (χ2v) is 6.52. The Bertz CT molecular complexity index is 1270. The van der Waals surface area contributed by atoms with Crippen LogP contribution in [0.4, 0.5) is 4.39 Å². The number of amides is 1. The maximum atomic E-state index is 13.7. The van der Waals surface area contributed by atoms with Crippen LogP contribution < -0.4 is 10.9 Å². The van der Waals surface area contributed by atoms with Gasteiger partial charge in [0.2, 0.25) is 0 Å². The number of pyridine rings is 1. The molecule has 0 bridgehead atoms. The fourth-order valence-electron chi connectivity index (χ4n) is 3.04. The summed E-state index contributed by atoms with van der Waals surface area (Å²) < 4.78 is 15.1. The highest BCUT2D eigenvalue weighted by atomic mass is 19.1. The Balaban J connectivity index is 1.57.